The van der Waals surface area contributed by atoms with E-state index in [0.29, 0.717) is 6.54 Å². The Hall–Kier alpha value is -0.770. The molecular formula is C12H24N2O2. The van der Waals surface area contributed by atoms with E-state index >= 15 is 0 Å². The van der Waals surface area contributed by atoms with Gasteiger partial charge in [-0.3, -0.25) is 0 Å². The summed E-state index contributed by atoms with van der Waals surface area (Å²) < 4.78 is 4.98. The average Bonchev–Trinajstić information content (AvgIpc) is 2.25. The number of likely N-dealkylation sites (tertiary alicyclic amines) is 1. The van der Waals surface area contributed by atoms with Crippen LogP contribution in [0, 0.1) is 0 Å². The molecule has 0 aromatic carbocycles. The van der Waals surface area contributed by atoms with Crippen LogP contribution < -0.4 is 5.32 Å². The Kier molecular flexibility index (Phi) is 6.23. The van der Waals surface area contributed by atoms with Crippen molar-refractivity contribution in [3.8, 4) is 0 Å². The largest absolute Gasteiger partial charge is 0.447 e. The summed E-state index contributed by atoms with van der Waals surface area (Å²) in [6.45, 7) is 7.94. The Labute approximate surface area is 98.3 Å². The lowest BCUT2D eigenvalue weighted by molar-refractivity contribution is 0.115. The molecule has 0 saturated carbocycles. The number of nitrogens with one attached hydrogen (secondary N) is 1. The Bertz CT molecular complexity index is 201. The number of rotatable bonds is 5. The van der Waals surface area contributed by atoms with E-state index in [1.807, 2.05) is 13.8 Å². The second-order valence-electron chi connectivity index (χ2n) is 4.64. The summed E-state index contributed by atoms with van der Waals surface area (Å²) in [6, 6.07) is 0. The van der Waals surface area contributed by atoms with Crippen molar-refractivity contribution in [2.75, 3.05) is 26.2 Å². The molecule has 0 radical (unpaired) electrons. The molecule has 0 aliphatic carbocycles. The van der Waals surface area contributed by atoms with Crippen LogP contribution in [0.25, 0.3) is 0 Å². The minimum atomic E-state index is -0.298. The van der Waals surface area contributed by atoms with Crippen LogP contribution in [-0.4, -0.2) is 43.3 Å². The highest BCUT2D eigenvalue weighted by Crippen LogP contribution is 2.08. The average molecular weight is 228 g/mol. The molecule has 1 aliphatic heterocycles. The number of alkyl carbamates (subject to hydrolysis) is 1. The van der Waals surface area contributed by atoms with Crippen molar-refractivity contribution in [2.24, 2.45) is 0 Å². The van der Waals surface area contributed by atoms with Crippen molar-refractivity contribution in [1.29, 1.82) is 0 Å². The maximum absolute atomic E-state index is 11.2. The normalized spacial score (nSPS) is 17.4. The first-order chi connectivity index (χ1) is 7.68. The molecule has 4 nitrogen and oxygen atoms in total. The molecule has 0 atom stereocenters. The fourth-order valence-electron chi connectivity index (χ4n) is 1.93. The van der Waals surface area contributed by atoms with E-state index < -0.39 is 0 Å². The predicted molar refractivity (Wildman–Crippen MR) is 64.5 cm³/mol. The molecule has 4 heteroatoms. The summed E-state index contributed by atoms with van der Waals surface area (Å²) in [5.74, 6) is 0. The van der Waals surface area contributed by atoms with Gasteiger partial charge in [0.1, 0.15) is 0 Å². The van der Waals surface area contributed by atoms with Gasteiger partial charge in [0.25, 0.3) is 0 Å². The van der Waals surface area contributed by atoms with Crippen LogP contribution in [0.1, 0.15) is 39.5 Å². The van der Waals surface area contributed by atoms with Crippen LogP contribution in [0.15, 0.2) is 0 Å². The molecule has 1 fully saturated rings. The first-order valence-corrected chi connectivity index (χ1v) is 6.35. The summed E-state index contributed by atoms with van der Waals surface area (Å²) in [5, 5.41) is 2.77. The molecule has 94 valence electrons. The molecule has 1 heterocycles. The zero-order chi connectivity index (χ0) is 11.8. The van der Waals surface area contributed by atoms with E-state index in [4.69, 9.17) is 4.74 Å². The topological polar surface area (TPSA) is 41.6 Å². The molecule has 1 rings (SSSR count). The fraction of sp³-hybridized carbons (Fsp3) is 0.917. The van der Waals surface area contributed by atoms with Gasteiger partial charge in [-0.2, -0.15) is 0 Å². The summed E-state index contributed by atoms with van der Waals surface area (Å²) >= 11 is 0. The quantitative estimate of drug-likeness (QED) is 0.732. The van der Waals surface area contributed by atoms with Crippen molar-refractivity contribution in [1.82, 2.24) is 10.2 Å². The van der Waals surface area contributed by atoms with Gasteiger partial charge in [0.15, 0.2) is 0 Å². The monoisotopic (exact) mass is 228 g/mol. The Morgan fingerprint density at radius 2 is 2.00 bits per heavy atom. The number of nitrogens with zero attached hydrogens (tertiary/aromatic N) is 1. The minimum Gasteiger partial charge on any atom is -0.447 e. The minimum absolute atomic E-state index is 0.0397. The SMILES string of the molecule is CC(C)OC(=O)NCCCN1CCCCC1. The van der Waals surface area contributed by atoms with E-state index in [-0.39, 0.29) is 12.2 Å². The van der Waals surface area contributed by atoms with E-state index in [1.54, 1.807) is 0 Å². The highest BCUT2D eigenvalue weighted by Gasteiger charge is 2.09. The van der Waals surface area contributed by atoms with Crippen LogP contribution >= 0.6 is 0 Å². The van der Waals surface area contributed by atoms with Gasteiger partial charge >= 0.3 is 6.09 Å². The first kappa shape index (κ1) is 13.3. The zero-order valence-corrected chi connectivity index (χ0v) is 10.5. The van der Waals surface area contributed by atoms with Gasteiger partial charge in [0.05, 0.1) is 6.10 Å². The van der Waals surface area contributed by atoms with Gasteiger partial charge in [0, 0.05) is 6.54 Å². The Morgan fingerprint density at radius 1 is 1.31 bits per heavy atom. The summed E-state index contributed by atoms with van der Waals surface area (Å²) in [4.78, 5) is 13.6. The predicted octanol–water partition coefficient (Wildman–Crippen LogP) is 2.00. The number of piperidine rings is 1. The number of carbonyl (C=O) groups is 1. The van der Waals surface area contributed by atoms with Crippen molar-refractivity contribution in [3.05, 3.63) is 0 Å². The summed E-state index contributed by atoms with van der Waals surface area (Å²) in [5.41, 5.74) is 0. The smallest absolute Gasteiger partial charge is 0.407 e. The number of hydrogen-bond acceptors (Lipinski definition) is 3. The molecule has 1 amide bonds. The van der Waals surface area contributed by atoms with Crippen molar-refractivity contribution < 1.29 is 9.53 Å². The van der Waals surface area contributed by atoms with Crippen LogP contribution in [0.5, 0.6) is 0 Å². The Balaban J connectivity index is 1.96. The first-order valence-electron chi connectivity index (χ1n) is 6.35. The zero-order valence-electron chi connectivity index (χ0n) is 10.5. The van der Waals surface area contributed by atoms with Gasteiger partial charge in [-0.05, 0) is 52.7 Å². The molecule has 0 aromatic rings. The van der Waals surface area contributed by atoms with E-state index in [0.717, 1.165) is 13.0 Å². The third kappa shape index (κ3) is 5.95. The standard InChI is InChI=1S/C12H24N2O2/c1-11(2)16-12(15)13-7-6-10-14-8-4-3-5-9-14/h11H,3-10H2,1-2H3,(H,13,15). The van der Waals surface area contributed by atoms with Gasteiger partial charge in [0.2, 0.25) is 0 Å². The molecule has 0 aromatic heterocycles. The second-order valence-corrected chi connectivity index (χ2v) is 4.64. The molecule has 0 unspecified atom stereocenters. The van der Waals surface area contributed by atoms with Crippen LogP contribution in [0.4, 0.5) is 4.79 Å². The number of amides is 1. The number of carbonyl (C=O) groups excluding carboxylic acids is 1. The second kappa shape index (κ2) is 7.49. The van der Waals surface area contributed by atoms with Crippen molar-refractivity contribution >= 4 is 6.09 Å². The Morgan fingerprint density at radius 3 is 2.62 bits per heavy atom. The lowest BCUT2D eigenvalue weighted by Crippen LogP contribution is -2.34. The fourth-order valence-corrected chi connectivity index (χ4v) is 1.93. The maximum atomic E-state index is 11.2. The van der Waals surface area contributed by atoms with Crippen LogP contribution in [0.2, 0.25) is 0 Å². The van der Waals surface area contributed by atoms with Gasteiger partial charge < -0.3 is 15.0 Å². The highest BCUT2D eigenvalue weighted by molar-refractivity contribution is 5.67. The maximum Gasteiger partial charge on any atom is 0.407 e. The van der Waals surface area contributed by atoms with Gasteiger partial charge in [-0.15, -0.1) is 0 Å². The molecule has 1 N–H and O–H groups in total. The van der Waals surface area contributed by atoms with Crippen molar-refractivity contribution in [2.45, 2.75) is 45.6 Å². The molecule has 1 aliphatic rings. The van der Waals surface area contributed by atoms with Gasteiger partial charge in [-0.1, -0.05) is 6.42 Å². The van der Waals surface area contributed by atoms with Crippen LogP contribution in [0.3, 0.4) is 0 Å². The number of hydrogen-bond donors (Lipinski definition) is 1. The molecule has 0 spiro atoms. The van der Waals surface area contributed by atoms with E-state index in [1.165, 1.54) is 32.4 Å². The van der Waals surface area contributed by atoms with E-state index in [9.17, 15) is 4.79 Å². The molecule has 16 heavy (non-hydrogen) atoms. The molecular weight excluding hydrogens is 204 g/mol. The summed E-state index contributed by atoms with van der Waals surface area (Å²) in [7, 11) is 0. The lowest BCUT2D eigenvalue weighted by atomic mass is 10.1. The van der Waals surface area contributed by atoms with E-state index in [2.05, 4.69) is 10.2 Å². The highest BCUT2D eigenvalue weighted by atomic mass is 16.6. The lowest BCUT2D eigenvalue weighted by Gasteiger charge is -2.26. The molecule has 0 bridgehead atoms. The molecule has 1 saturated heterocycles. The number of ether oxygens (including phenoxy) is 1. The van der Waals surface area contributed by atoms with Crippen molar-refractivity contribution in [3.63, 3.8) is 0 Å². The third-order valence-electron chi connectivity index (χ3n) is 2.71. The van der Waals surface area contributed by atoms with Gasteiger partial charge in [-0.25, -0.2) is 4.79 Å². The van der Waals surface area contributed by atoms with Crippen LogP contribution in [-0.2, 0) is 4.74 Å². The summed E-state index contributed by atoms with van der Waals surface area (Å²) in [6.07, 6.45) is 4.68. The third-order valence-corrected chi connectivity index (χ3v) is 2.71.